The molecule has 1 saturated carbocycles. The van der Waals surface area contributed by atoms with Crippen LogP contribution in [-0.4, -0.2) is 12.1 Å². The van der Waals surface area contributed by atoms with Crippen molar-refractivity contribution in [1.29, 1.82) is 5.26 Å². The predicted octanol–water partition coefficient (Wildman–Crippen LogP) is 3.89. The second-order valence-corrected chi connectivity index (χ2v) is 6.21. The number of halogens is 2. The van der Waals surface area contributed by atoms with Crippen LogP contribution in [0.4, 0.5) is 4.39 Å². The number of rotatable bonds is 3. The minimum atomic E-state index is -0.540. The van der Waals surface area contributed by atoms with Crippen molar-refractivity contribution in [2.24, 2.45) is 5.73 Å². The number of nitrogens with two attached hydrogens (primary N) is 1. The molecule has 5 heteroatoms. The third-order valence-electron chi connectivity index (χ3n) is 3.78. The maximum atomic E-state index is 14.0. The summed E-state index contributed by atoms with van der Waals surface area (Å²) >= 11 is 3.07. The van der Waals surface area contributed by atoms with Gasteiger partial charge in [0, 0.05) is 0 Å². The molecule has 1 aliphatic carbocycles. The first-order chi connectivity index (χ1) is 9.56. The van der Waals surface area contributed by atoms with Crippen LogP contribution in [0.3, 0.4) is 0 Å². The summed E-state index contributed by atoms with van der Waals surface area (Å²) in [5, 5.41) is 8.83. The summed E-state index contributed by atoms with van der Waals surface area (Å²) < 4.78 is 19.8. The number of nitrogens with zero attached hydrogens (tertiary/aromatic N) is 1. The van der Waals surface area contributed by atoms with E-state index in [4.69, 9.17) is 15.7 Å². The summed E-state index contributed by atoms with van der Waals surface area (Å²) in [4.78, 5) is 0. The Morgan fingerprint density at radius 3 is 2.55 bits per heavy atom. The van der Waals surface area contributed by atoms with Gasteiger partial charge in [-0.05, 0) is 40.9 Å². The van der Waals surface area contributed by atoms with E-state index in [1.807, 2.05) is 6.07 Å². The van der Waals surface area contributed by atoms with Crippen molar-refractivity contribution in [3.63, 3.8) is 0 Å². The van der Waals surface area contributed by atoms with E-state index in [9.17, 15) is 4.39 Å². The molecule has 2 rings (SSSR count). The van der Waals surface area contributed by atoms with E-state index >= 15 is 0 Å². The summed E-state index contributed by atoms with van der Waals surface area (Å²) in [6.45, 7) is 0.308. The van der Waals surface area contributed by atoms with Crippen molar-refractivity contribution >= 4 is 15.9 Å². The van der Waals surface area contributed by atoms with Gasteiger partial charge >= 0.3 is 0 Å². The summed E-state index contributed by atoms with van der Waals surface area (Å²) in [5.74, 6) is -0.397. The van der Waals surface area contributed by atoms with Gasteiger partial charge in [0.1, 0.15) is 12.7 Å². The molecule has 1 aromatic rings. The van der Waals surface area contributed by atoms with Crippen LogP contribution in [0.1, 0.15) is 44.1 Å². The monoisotopic (exact) mass is 340 g/mol. The van der Waals surface area contributed by atoms with E-state index in [1.54, 1.807) is 6.07 Å². The molecule has 0 saturated heterocycles. The Hall–Kier alpha value is -1.12. The second-order valence-electron chi connectivity index (χ2n) is 5.42. The molecule has 0 spiro atoms. The molecule has 3 nitrogen and oxygen atoms in total. The van der Waals surface area contributed by atoms with Crippen LogP contribution in [0, 0.1) is 17.1 Å². The summed E-state index contributed by atoms with van der Waals surface area (Å²) in [6, 6.07) is 4.94. The smallest absolute Gasteiger partial charge is 0.180 e. The average Bonchev–Trinajstić information content (AvgIpc) is 2.66. The normalized spacial score (nSPS) is 18.1. The molecule has 1 aliphatic rings. The molecular formula is C15H18BrFN2O. The molecule has 1 fully saturated rings. The molecule has 0 unspecified atom stereocenters. The van der Waals surface area contributed by atoms with Gasteiger partial charge in [0.25, 0.3) is 0 Å². The van der Waals surface area contributed by atoms with Crippen LogP contribution in [0.25, 0.3) is 0 Å². The number of hydrogen-bond acceptors (Lipinski definition) is 3. The highest BCUT2D eigenvalue weighted by atomic mass is 79.9. The van der Waals surface area contributed by atoms with Crippen LogP contribution in [0.15, 0.2) is 16.6 Å². The SMILES string of the molecule is N#Cc1ccc(OCC2(N)CCCCCC2)c(F)c1Br. The fraction of sp³-hybridized carbons (Fsp3) is 0.533. The van der Waals surface area contributed by atoms with Gasteiger partial charge in [0.05, 0.1) is 15.6 Å². The van der Waals surface area contributed by atoms with E-state index < -0.39 is 5.82 Å². The molecule has 0 atom stereocenters. The highest BCUT2D eigenvalue weighted by molar-refractivity contribution is 9.10. The van der Waals surface area contributed by atoms with E-state index in [-0.39, 0.29) is 21.3 Å². The standard InChI is InChI=1S/C15H18BrFN2O/c16-13-11(9-18)5-6-12(14(13)17)20-10-15(19)7-3-1-2-4-8-15/h5-6H,1-4,7-8,10,19H2. The van der Waals surface area contributed by atoms with Crippen molar-refractivity contribution < 1.29 is 9.13 Å². The molecule has 20 heavy (non-hydrogen) atoms. The lowest BCUT2D eigenvalue weighted by Crippen LogP contribution is -2.45. The van der Waals surface area contributed by atoms with E-state index in [0.29, 0.717) is 6.61 Å². The minimum absolute atomic E-state index is 0.143. The molecule has 0 heterocycles. The summed E-state index contributed by atoms with van der Waals surface area (Å²) in [7, 11) is 0. The van der Waals surface area contributed by atoms with Crippen LogP contribution in [-0.2, 0) is 0 Å². The lowest BCUT2D eigenvalue weighted by molar-refractivity contribution is 0.193. The number of hydrogen-bond donors (Lipinski definition) is 1. The Bertz CT molecular complexity index is 519. The highest BCUT2D eigenvalue weighted by Crippen LogP contribution is 2.30. The van der Waals surface area contributed by atoms with Crippen molar-refractivity contribution in [1.82, 2.24) is 0 Å². The fourth-order valence-corrected chi connectivity index (χ4v) is 2.94. The largest absolute Gasteiger partial charge is 0.489 e. The Morgan fingerprint density at radius 2 is 1.95 bits per heavy atom. The Morgan fingerprint density at radius 1 is 1.30 bits per heavy atom. The van der Waals surface area contributed by atoms with Gasteiger partial charge < -0.3 is 10.5 Å². The van der Waals surface area contributed by atoms with Gasteiger partial charge in [-0.25, -0.2) is 4.39 Å². The quantitative estimate of drug-likeness (QED) is 0.849. The molecule has 0 amide bonds. The Balaban J connectivity index is 2.07. The van der Waals surface area contributed by atoms with Crippen LogP contribution < -0.4 is 10.5 Å². The molecule has 108 valence electrons. The van der Waals surface area contributed by atoms with Gasteiger partial charge in [0.15, 0.2) is 11.6 Å². The lowest BCUT2D eigenvalue weighted by Gasteiger charge is -2.28. The number of ether oxygens (including phenoxy) is 1. The predicted molar refractivity (Wildman–Crippen MR) is 78.9 cm³/mol. The molecule has 2 N–H and O–H groups in total. The molecular weight excluding hydrogens is 323 g/mol. The average molecular weight is 341 g/mol. The van der Waals surface area contributed by atoms with Crippen molar-refractivity contribution in [3.8, 4) is 11.8 Å². The van der Waals surface area contributed by atoms with Crippen molar-refractivity contribution in [2.45, 2.75) is 44.1 Å². The highest BCUT2D eigenvalue weighted by Gasteiger charge is 2.27. The zero-order valence-electron chi connectivity index (χ0n) is 11.3. The summed E-state index contributed by atoms with van der Waals surface area (Å²) in [5.41, 5.74) is 6.22. The molecule has 0 radical (unpaired) electrons. The maximum Gasteiger partial charge on any atom is 0.180 e. The van der Waals surface area contributed by atoms with Gasteiger partial charge in [-0.1, -0.05) is 25.7 Å². The topological polar surface area (TPSA) is 59.0 Å². The minimum Gasteiger partial charge on any atom is -0.489 e. The summed E-state index contributed by atoms with van der Waals surface area (Å²) in [6.07, 6.45) is 6.42. The van der Waals surface area contributed by atoms with Gasteiger partial charge in [-0.2, -0.15) is 5.26 Å². The van der Waals surface area contributed by atoms with Crippen LogP contribution in [0.2, 0.25) is 0 Å². The number of nitriles is 1. The first kappa shape index (κ1) is 15.3. The van der Waals surface area contributed by atoms with E-state index in [0.717, 1.165) is 25.7 Å². The molecule has 0 bridgehead atoms. The number of benzene rings is 1. The third kappa shape index (κ3) is 3.50. The molecule has 0 aromatic heterocycles. The first-order valence-corrected chi connectivity index (χ1v) is 7.65. The fourth-order valence-electron chi connectivity index (χ4n) is 2.53. The van der Waals surface area contributed by atoms with Gasteiger partial charge in [0.2, 0.25) is 0 Å². The Labute approximate surface area is 127 Å². The zero-order chi connectivity index (χ0) is 14.6. The second kappa shape index (κ2) is 6.55. The van der Waals surface area contributed by atoms with E-state index in [2.05, 4.69) is 15.9 Å². The van der Waals surface area contributed by atoms with Crippen LogP contribution >= 0.6 is 15.9 Å². The Kier molecular flexibility index (Phi) is 5.00. The van der Waals surface area contributed by atoms with Gasteiger partial charge in [-0.3, -0.25) is 0 Å². The van der Waals surface area contributed by atoms with Crippen molar-refractivity contribution in [3.05, 3.63) is 28.0 Å². The van der Waals surface area contributed by atoms with Crippen LogP contribution in [0.5, 0.6) is 5.75 Å². The van der Waals surface area contributed by atoms with Crippen molar-refractivity contribution in [2.75, 3.05) is 6.61 Å². The lowest BCUT2D eigenvalue weighted by atomic mass is 9.92. The molecule has 1 aromatic carbocycles. The van der Waals surface area contributed by atoms with E-state index in [1.165, 1.54) is 18.9 Å². The third-order valence-corrected chi connectivity index (χ3v) is 4.56. The van der Waals surface area contributed by atoms with Gasteiger partial charge in [-0.15, -0.1) is 0 Å². The zero-order valence-corrected chi connectivity index (χ0v) is 12.9. The first-order valence-electron chi connectivity index (χ1n) is 6.85. The molecule has 0 aliphatic heterocycles. The maximum absolute atomic E-state index is 14.0.